The summed E-state index contributed by atoms with van der Waals surface area (Å²) >= 11 is 1.62. The van der Waals surface area contributed by atoms with E-state index in [4.69, 9.17) is 0 Å². The van der Waals surface area contributed by atoms with Gasteiger partial charge in [-0.05, 0) is 36.8 Å². The maximum Gasteiger partial charge on any atom is 0.224 e. The highest BCUT2D eigenvalue weighted by molar-refractivity contribution is 7.18. The van der Waals surface area contributed by atoms with Gasteiger partial charge in [0.2, 0.25) is 11.8 Å². The Balaban J connectivity index is 1.63. The minimum Gasteiger partial charge on any atom is -0.326 e. The lowest BCUT2D eigenvalue weighted by molar-refractivity contribution is -0.116. The van der Waals surface area contributed by atoms with Crippen LogP contribution in [0.25, 0.3) is 10.2 Å². The summed E-state index contributed by atoms with van der Waals surface area (Å²) in [6.45, 7) is 3.33. The number of benzene rings is 2. The molecular weight excluding hydrogens is 334 g/mol. The van der Waals surface area contributed by atoms with Crippen molar-refractivity contribution in [3.63, 3.8) is 0 Å². The molecule has 0 aliphatic rings. The van der Waals surface area contributed by atoms with Crippen LogP contribution in [0.5, 0.6) is 0 Å². The zero-order valence-corrected chi connectivity index (χ0v) is 14.9. The van der Waals surface area contributed by atoms with Crippen LogP contribution in [0.1, 0.15) is 23.9 Å². The summed E-state index contributed by atoms with van der Waals surface area (Å²) in [6, 6.07) is 13.4. The molecule has 0 fully saturated rings. The third-order valence-electron chi connectivity index (χ3n) is 3.82. The molecule has 3 rings (SSSR count). The number of fused-ring (bicyclic) bond motifs is 1. The highest BCUT2D eigenvalue weighted by Crippen LogP contribution is 2.25. The number of amides is 2. The predicted molar refractivity (Wildman–Crippen MR) is 102 cm³/mol. The number of nitrogens with zero attached hydrogens (tertiary/aromatic N) is 1. The van der Waals surface area contributed by atoms with E-state index in [2.05, 4.69) is 15.6 Å². The van der Waals surface area contributed by atoms with Crippen LogP contribution in [-0.4, -0.2) is 16.8 Å². The lowest BCUT2D eigenvalue weighted by atomic mass is 10.1. The Hall–Kier alpha value is -2.73. The first-order valence-electron chi connectivity index (χ1n) is 8.04. The van der Waals surface area contributed by atoms with E-state index >= 15 is 0 Å². The number of hydrogen-bond donors (Lipinski definition) is 2. The van der Waals surface area contributed by atoms with Gasteiger partial charge in [0.05, 0.1) is 15.2 Å². The number of para-hydroxylation sites is 1. The van der Waals surface area contributed by atoms with Gasteiger partial charge in [0, 0.05) is 31.1 Å². The van der Waals surface area contributed by atoms with Crippen molar-refractivity contribution in [1.29, 1.82) is 0 Å². The fourth-order valence-electron chi connectivity index (χ4n) is 2.56. The molecule has 2 N–H and O–H groups in total. The lowest BCUT2D eigenvalue weighted by Crippen LogP contribution is -2.14. The molecule has 0 aliphatic carbocycles. The molecule has 0 radical (unpaired) electrons. The molecule has 6 heteroatoms. The number of aromatic nitrogens is 1. The average molecular weight is 353 g/mol. The Labute approximate surface area is 150 Å². The standard InChI is InChI=1S/C19H19N3O2S/c1-12-14(20-13(2)23)7-5-8-15(12)21-18(24)10-11-19-22-16-6-3-4-9-17(16)25-19/h3-9H,10-11H2,1-2H3,(H,20,23)(H,21,24). The van der Waals surface area contributed by atoms with Crippen LogP contribution >= 0.6 is 11.3 Å². The summed E-state index contributed by atoms with van der Waals surface area (Å²) in [5.74, 6) is -0.204. The molecule has 0 spiro atoms. The number of anilines is 2. The van der Waals surface area contributed by atoms with E-state index in [1.54, 1.807) is 17.4 Å². The fraction of sp³-hybridized carbons (Fsp3) is 0.211. The van der Waals surface area contributed by atoms with Crippen LogP contribution in [0.4, 0.5) is 11.4 Å². The van der Waals surface area contributed by atoms with E-state index in [9.17, 15) is 9.59 Å². The molecule has 0 saturated carbocycles. The number of carbonyl (C=O) groups excluding carboxylic acids is 2. The van der Waals surface area contributed by atoms with Crippen molar-refractivity contribution < 1.29 is 9.59 Å². The molecule has 0 saturated heterocycles. The van der Waals surface area contributed by atoms with E-state index in [1.807, 2.05) is 43.3 Å². The first-order valence-corrected chi connectivity index (χ1v) is 8.86. The Morgan fingerprint density at radius 2 is 1.76 bits per heavy atom. The summed E-state index contributed by atoms with van der Waals surface area (Å²) in [5, 5.41) is 6.63. The minimum absolute atomic E-state index is 0.0673. The third kappa shape index (κ3) is 4.22. The highest BCUT2D eigenvalue weighted by atomic mass is 32.1. The zero-order chi connectivity index (χ0) is 17.8. The topological polar surface area (TPSA) is 71.1 Å². The first kappa shape index (κ1) is 17.1. The average Bonchev–Trinajstić information content (AvgIpc) is 2.99. The number of aryl methyl sites for hydroxylation is 1. The van der Waals surface area contributed by atoms with Gasteiger partial charge in [-0.3, -0.25) is 9.59 Å². The SMILES string of the molecule is CC(=O)Nc1cccc(NC(=O)CCc2nc3ccccc3s2)c1C. The van der Waals surface area contributed by atoms with Gasteiger partial charge in [0.15, 0.2) is 0 Å². The summed E-state index contributed by atoms with van der Waals surface area (Å²) in [4.78, 5) is 28.0. The summed E-state index contributed by atoms with van der Waals surface area (Å²) in [6.07, 6.45) is 0.971. The maximum absolute atomic E-state index is 12.3. The van der Waals surface area contributed by atoms with Crippen LogP contribution in [0.3, 0.4) is 0 Å². The molecule has 0 aliphatic heterocycles. The van der Waals surface area contributed by atoms with Crippen LogP contribution in [0.15, 0.2) is 42.5 Å². The number of nitrogens with one attached hydrogen (secondary N) is 2. The molecule has 2 amide bonds. The van der Waals surface area contributed by atoms with Gasteiger partial charge in [-0.1, -0.05) is 18.2 Å². The van der Waals surface area contributed by atoms with Crippen molar-refractivity contribution >= 4 is 44.7 Å². The smallest absolute Gasteiger partial charge is 0.224 e. The van der Waals surface area contributed by atoms with Crippen molar-refractivity contribution in [2.24, 2.45) is 0 Å². The van der Waals surface area contributed by atoms with Crippen LogP contribution in [-0.2, 0) is 16.0 Å². The van der Waals surface area contributed by atoms with E-state index in [0.717, 1.165) is 20.8 Å². The Morgan fingerprint density at radius 1 is 1.04 bits per heavy atom. The van der Waals surface area contributed by atoms with Gasteiger partial charge in [0.25, 0.3) is 0 Å². The molecule has 0 unspecified atom stereocenters. The lowest BCUT2D eigenvalue weighted by Gasteiger charge is -2.12. The monoisotopic (exact) mass is 353 g/mol. The van der Waals surface area contributed by atoms with Crippen LogP contribution in [0.2, 0.25) is 0 Å². The molecule has 3 aromatic rings. The number of hydrogen-bond acceptors (Lipinski definition) is 4. The molecule has 5 nitrogen and oxygen atoms in total. The normalized spacial score (nSPS) is 10.6. The molecule has 128 valence electrons. The number of carbonyl (C=O) groups is 2. The van der Waals surface area contributed by atoms with Gasteiger partial charge in [-0.2, -0.15) is 0 Å². The third-order valence-corrected chi connectivity index (χ3v) is 4.92. The minimum atomic E-state index is -0.137. The zero-order valence-electron chi connectivity index (χ0n) is 14.1. The van der Waals surface area contributed by atoms with E-state index < -0.39 is 0 Å². The Bertz CT molecular complexity index is 900. The van der Waals surface area contributed by atoms with Crippen molar-refractivity contribution in [3.05, 3.63) is 53.0 Å². The van der Waals surface area contributed by atoms with Crippen molar-refractivity contribution in [2.45, 2.75) is 26.7 Å². The highest BCUT2D eigenvalue weighted by Gasteiger charge is 2.10. The molecule has 0 atom stereocenters. The van der Waals surface area contributed by atoms with Crippen LogP contribution in [0, 0.1) is 6.92 Å². The second-order valence-electron chi connectivity index (χ2n) is 5.78. The maximum atomic E-state index is 12.3. The summed E-state index contributed by atoms with van der Waals surface area (Å²) < 4.78 is 1.14. The second-order valence-corrected chi connectivity index (χ2v) is 6.90. The van der Waals surface area contributed by atoms with Crippen molar-refractivity contribution in [2.75, 3.05) is 10.6 Å². The van der Waals surface area contributed by atoms with E-state index in [-0.39, 0.29) is 11.8 Å². The van der Waals surface area contributed by atoms with Crippen molar-refractivity contribution in [1.82, 2.24) is 4.98 Å². The number of thiazole rings is 1. The summed E-state index contributed by atoms with van der Waals surface area (Å²) in [5.41, 5.74) is 3.23. The van der Waals surface area contributed by atoms with Gasteiger partial charge >= 0.3 is 0 Å². The molecule has 1 aromatic heterocycles. The van der Waals surface area contributed by atoms with Gasteiger partial charge in [0.1, 0.15) is 0 Å². The molecule has 25 heavy (non-hydrogen) atoms. The van der Waals surface area contributed by atoms with Crippen molar-refractivity contribution in [3.8, 4) is 0 Å². The van der Waals surface area contributed by atoms with Gasteiger partial charge in [-0.25, -0.2) is 4.98 Å². The van der Waals surface area contributed by atoms with E-state index in [1.165, 1.54) is 6.92 Å². The summed E-state index contributed by atoms with van der Waals surface area (Å²) in [7, 11) is 0. The molecule has 2 aromatic carbocycles. The van der Waals surface area contributed by atoms with Crippen LogP contribution < -0.4 is 10.6 Å². The predicted octanol–water partition coefficient (Wildman–Crippen LogP) is 4.13. The van der Waals surface area contributed by atoms with E-state index in [0.29, 0.717) is 24.2 Å². The number of rotatable bonds is 5. The Kier molecular flexibility index (Phi) is 5.09. The quantitative estimate of drug-likeness (QED) is 0.724. The molecule has 0 bridgehead atoms. The van der Waals surface area contributed by atoms with Gasteiger partial charge in [-0.15, -0.1) is 11.3 Å². The second kappa shape index (κ2) is 7.44. The van der Waals surface area contributed by atoms with Gasteiger partial charge < -0.3 is 10.6 Å². The Morgan fingerprint density at radius 3 is 2.48 bits per heavy atom. The fourth-order valence-corrected chi connectivity index (χ4v) is 3.52. The first-order chi connectivity index (χ1) is 12.0. The molecule has 1 heterocycles. The largest absolute Gasteiger partial charge is 0.326 e. The molecular formula is C19H19N3O2S.